The highest BCUT2D eigenvalue weighted by Gasteiger charge is 2.24. The Balaban J connectivity index is 1.84. The maximum atomic E-state index is 6.03. The lowest BCUT2D eigenvalue weighted by Gasteiger charge is -2.32. The molecule has 18 heavy (non-hydrogen) atoms. The molecule has 0 bridgehead atoms. The SMILES string of the molecule is CNc1cc(COC2CCC(C)C(C)C2)ccn1. The Bertz CT molecular complexity index is 381. The van der Waals surface area contributed by atoms with Crippen molar-refractivity contribution in [2.45, 2.75) is 45.8 Å². The smallest absolute Gasteiger partial charge is 0.125 e. The van der Waals surface area contributed by atoms with E-state index >= 15 is 0 Å². The molecule has 1 aromatic rings. The summed E-state index contributed by atoms with van der Waals surface area (Å²) in [5.74, 6) is 2.54. The maximum absolute atomic E-state index is 6.03. The van der Waals surface area contributed by atoms with Crippen LogP contribution in [0.1, 0.15) is 38.7 Å². The first-order valence-electron chi connectivity index (χ1n) is 6.93. The van der Waals surface area contributed by atoms with Gasteiger partial charge in [0.2, 0.25) is 0 Å². The average molecular weight is 248 g/mol. The molecule has 1 saturated carbocycles. The van der Waals surface area contributed by atoms with Crippen LogP contribution in [0.5, 0.6) is 0 Å². The summed E-state index contributed by atoms with van der Waals surface area (Å²) in [6.45, 7) is 5.39. The minimum atomic E-state index is 0.433. The third-order valence-corrected chi connectivity index (χ3v) is 4.12. The van der Waals surface area contributed by atoms with Crippen molar-refractivity contribution >= 4 is 5.82 Å². The third-order valence-electron chi connectivity index (χ3n) is 4.12. The minimum Gasteiger partial charge on any atom is -0.374 e. The molecule has 3 heteroatoms. The zero-order valence-corrected chi connectivity index (χ0v) is 11.6. The molecule has 2 rings (SSSR count). The Kier molecular flexibility index (Phi) is 4.59. The molecule has 1 aliphatic carbocycles. The van der Waals surface area contributed by atoms with Gasteiger partial charge in [0.1, 0.15) is 5.82 Å². The van der Waals surface area contributed by atoms with E-state index in [2.05, 4.69) is 30.2 Å². The largest absolute Gasteiger partial charge is 0.374 e. The van der Waals surface area contributed by atoms with Gasteiger partial charge in [-0.15, -0.1) is 0 Å². The van der Waals surface area contributed by atoms with Crippen LogP contribution in [0, 0.1) is 11.8 Å². The van der Waals surface area contributed by atoms with Crippen LogP contribution in [0.2, 0.25) is 0 Å². The van der Waals surface area contributed by atoms with E-state index in [0.29, 0.717) is 12.7 Å². The molecule has 3 atom stereocenters. The van der Waals surface area contributed by atoms with Gasteiger partial charge in [-0.2, -0.15) is 0 Å². The van der Waals surface area contributed by atoms with Gasteiger partial charge in [0, 0.05) is 13.2 Å². The first-order chi connectivity index (χ1) is 8.69. The van der Waals surface area contributed by atoms with Crippen molar-refractivity contribution in [1.29, 1.82) is 0 Å². The molecular weight excluding hydrogens is 224 g/mol. The van der Waals surface area contributed by atoms with Gasteiger partial charge in [-0.25, -0.2) is 4.98 Å². The fourth-order valence-electron chi connectivity index (χ4n) is 2.56. The average Bonchev–Trinajstić information content (AvgIpc) is 2.40. The van der Waals surface area contributed by atoms with Crippen LogP contribution in [-0.4, -0.2) is 18.1 Å². The number of nitrogens with zero attached hydrogens (tertiary/aromatic N) is 1. The molecule has 0 amide bonds. The van der Waals surface area contributed by atoms with Crippen molar-refractivity contribution in [3.63, 3.8) is 0 Å². The molecule has 1 N–H and O–H groups in total. The molecule has 3 nitrogen and oxygen atoms in total. The number of aromatic nitrogens is 1. The van der Waals surface area contributed by atoms with Crippen molar-refractivity contribution < 1.29 is 4.74 Å². The molecule has 1 heterocycles. The second kappa shape index (κ2) is 6.19. The predicted molar refractivity (Wildman–Crippen MR) is 74.5 cm³/mol. The summed E-state index contributed by atoms with van der Waals surface area (Å²) < 4.78 is 6.03. The Morgan fingerprint density at radius 2 is 2.17 bits per heavy atom. The number of ether oxygens (including phenoxy) is 1. The predicted octanol–water partition coefficient (Wildman–Crippen LogP) is 3.46. The third kappa shape index (κ3) is 3.45. The lowest BCUT2D eigenvalue weighted by molar-refractivity contribution is -0.00745. The molecule has 1 aliphatic rings. The molecule has 100 valence electrons. The van der Waals surface area contributed by atoms with Crippen LogP contribution in [-0.2, 0) is 11.3 Å². The Labute approximate surface area is 110 Å². The van der Waals surface area contributed by atoms with E-state index in [0.717, 1.165) is 17.7 Å². The first kappa shape index (κ1) is 13.3. The summed E-state index contributed by atoms with van der Waals surface area (Å²) in [6.07, 6.45) is 5.96. The van der Waals surface area contributed by atoms with Crippen LogP contribution in [0.4, 0.5) is 5.82 Å². The van der Waals surface area contributed by atoms with Gasteiger partial charge in [-0.3, -0.25) is 0 Å². The Morgan fingerprint density at radius 3 is 2.89 bits per heavy atom. The normalized spacial score (nSPS) is 28.1. The Morgan fingerprint density at radius 1 is 1.33 bits per heavy atom. The van der Waals surface area contributed by atoms with E-state index in [-0.39, 0.29) is 0 Å². The highest BCUT2D eigenvalue weighted by molar-refractivity contribution is 5.36. The van der Waals surface area contributed by atoms with Crippen molar-refractivity contribution in [3.8, 4) is 0 Å². The number of nitrogens with one attached hydrogen (secondary N) is 1. The number of hydrogen-bond acceptors (Lipinski definition) is 3. The molecule has 1 fully saturated rings. The van der Waals surface area contributed by atoms with Gasteiger partial charge >= 0.3 is 0 Å². The summed E-state index contributed by atoms with van der Waals surface area (Å²) in [6, 6.07) is 4.07. The fraction of sp³-hybridized carbons (Fsp3) is 0.667. The van der Waals surface area contributed by atoms with Gasteiger partial charge in [0.05, 0.1) is 12.7 Å². The van der Waals surface area contributed by atoms with Crippen molar-refractivity contribution in [2.75, 3.05) is 12.4 Å². The second-order valence-corrected chi connectivity index (χ2v) is 5.50. The van der Waals surface area contributed by atoms with E-state index in [1.54, 1.807) is 0 Å². The molecule has 3 unspecified atom stereocenters. The van der Waals surface area contributed by atoms with E-state index in [4.69, 9.17) is 4.74 Å². The first-order valence-corrected chi connectivity index (χ1v) is 6.93. The van der Waals surface area contributed by atoms with Crippen molar-refractivity contribution in [3.05, 3.63) is 23.9 Å². The van der Waals surface area contributed by atoms with Crippen LogP contribution < -0.4 is 5.32 Å². The standard InChI is InChI=1S/C15H24N2O/c1-11-4-5-14(8-12(11)2)18-10-13-6-7-17-15(9-13)16-3/h6-7,9,11-12,14H,4-5,8,10H2,1-3H3,(H,16,17). The number of pyridine rings is 1. The summed E-state index contributed by atoms with van der Waals surface area (Å²) in [5.41, 5.74) is 1.20. The van der Waals surface area contributed by atoms with E-state index < -0.39 is 0 Å². The zero-order chi connectivity index (χ0) is 13.0. The van der Waals surface area contributed by atoms with Crippen LogP contribution in [0.25, 0.3) is 0 Å². The second-order valence-electron chi connectivity index (χ2n) is 5.50. The van der Waals surface area contributed by atoms with Gasteiger partial charge < -0.3 is 10.1 Å². The molecule has 0 saturated heterocycles. The molecule has 0 aliphatic heterocycles. The minimum absolute atomic E-state index is 0.433. The summed E-state index contributed by atoms with van der Waals surface area (Å²) >= 11 is 0. The lowest BCUT2D eigenvalue weighted by atomic mass is 9.80. The quantitative estimate of drug-likeness (QED) is 0.886. The van der Waals surface area contributed by atoms with Crippen LogP contribution >= 0.6 is 0 Å². The zero-order valence-electron chi connectivity index (χ0n) is 11.6. The van der Waals surface area contributed by atoms with Gasteiger partial charge in [0.25, 0.3) is 0 Å². The Hall–Kier alpha value is -1.09. The topological polar surface area (TPSA) is 34.1 Å². The van der Waals surface area contributed by atoms with Gasteiger partial charge in [0.15, 0.2) is 0 Å². The fourth-order valence-corrected chi connectivity index (χ4v) is 2.56. The van der Waals surface area contributed by atoms with E-state index in [9.17, 15) is 0 Å². The monoisotopic (exact) mass is 248 g/mol. The van der Waals surface area contributed by atoms with Crippen LogP contribution in [0.15, 0.2) is 18.3 Å². The molecular formula is C15H24N2O. The molecule has 0 spiro atoms. The molecule has 0 aromatic carbocycles. The van der Waals surface area contributed by atoms with Crippen molar-refractivity contribution in [1.82, 2.24) is 4.98 Å². The number of rotatable bonds is 4. The van der Waals surface area contributed by atoms with Gasteiger partial charge in [-0.05, 0) is 48.8 Å². The summed E-state index contributed by atoms with van der Waals surface area (Å²) in [5, 5.41) is 3.05. The van der Waals surface area contributed by atoms with Crippen LogP contribution in [0.3, 0.4) is 0 Å². The van der Waals surface area contributed by atoms with E-state index in [1.165, 1.54) is 24.8 Å². The highest BCUT2D eigenvalue weighted by atomic mass is 16.5. The summed E-state index contributed by atoms with van der Waals surface area (Å²) in [7, 11) is 1.89. The molecule has 0 radical (unpaired) electrons. The van der Waals surface area contributed by atoms with Gasteiger partial charge in [-0.1, -0.05) is 13.8 Å². The summed E-state index contributed by atoms with van der Waals surface area (Å²) in [4.78, 5) is 4.21. The lowest BCUT2D eigenvalue weighted by Crippen LogP contribution is -2.26. The van der Waals surface area contributed by atoms with Crippen molar-refractivity contribution in [2.24, 2.45) is 11.8 Å². The van der Waals surface area contributed by atoms with E-state index in [1.807, 2.05) is 19.3 Å². The number of anilines is 1. The number of hydrogen-bond donors (Lipinski definition) is 1. The maximum Gasteiger partial charge on any atom is 0.125 e. The molecule has 1 aromatic heterocycles. The highest BCUT2D eigenvalue weighted by Crippen LogP contribution is 2.31.